The molecule has 0 radical (unpaired) electrons. The van der Waals surface area contributed by atoms with Crippen molar-refractivity contribution in [3.8, 4) is 0 Å². The van der Waals surface area contributed by atoms with E-state index >= 15 is 0 Å². The van der Waals surface area contributed by atoms with Crippen molar-refractivity contribution >= 4 is 27.6 Å². The van der Waals surface area contributed by atoms with Crippen molar-refractivity contribution in [2.75, 3.05) is 5.32 Å². The second-order valence-electron chi connectivity index (χ2n) is 3.65. The summed E-state index contributed by atoms with van der Waals surface area (Å²) in [5, 5.41) is 11.7. The van der Waals surface area contributed by atoms with Crippen LogP contribution < -0.4 is 5.32 Å². The van der Waals surface area contributed by atoms with E-state index in [1.807, 2.05) is 0 Å². The fourth-order valence-corrected chi connectivity index (χ4v) is 1.97. The average Bonchev–Trinajstić information content (AvgIpc) is 2.41. The minimum Gasteiger partial charge on any atom is -0.478 e. The largest absolute Gasteiger partial charge is 0.478 e. The van der Waals surface area contributed by atoms with Crippen molar-refractivity contribution in [3.05, 3.63) is 52.3 Å². The van der Waals surface area contributed by atoms with Gasteiger partial charge in [0.05, 0.1) is 28.0 Å². The van der Waals surface area contributed by atoms with Gasteiger partial charge in [-0.25, -0.2) is 19.2 Å². The summed E-state index contributed by atoms with van der Waals surface area (Å²) >= 11 is 2.94. The quantitative estimate of drug-likeness (QED) is 0.903. The highest BCUT2D eigenvalue weighted by molar-refractivity contribution is 9.10. The Hall–Kier alpha value is -2.02. The summed E-state index contributed by atoms with van der Waals surface area (Å²) in [6.45, 7) is 0.318. The highest BCUT2D eigenvalue weighted by Crippen LogP contribution is 2.27. The molecule has 0 aliphatic heterocycles. The first-order chi connectivity index (χ1) is 9.09. The first-order valence-corrected chi connectivity index (χ1v) is 6.09. The van der Waals surface area contributed by atoms with E-state index in [-0.39, 0.29) is 15.7 Å². The number of hydrogen-bond donors (Lipinski definition) is 2. The van der Waals surface area contributed by atoms with Gasteiger partial charge in [0.1, 0.15) is 6.33 Å². The number of nitrogens with one attached hydrogen (secondary N) is 1. The maximum absolute atomic E-state index is 13.9. The minimum atomic E-state index is -1.19. The lowest BCUT2D eigenvalue weighted by Crippen LogP contribution is -2.06. The number of rotatable bonds is 4. The zero-order valence-corrected chi connectivity index (χ0v) is 11.2. The normalized spacial score (nSPS) is 10.2. The molecule has 0 unspecified atom stereocenters. The second kappa shape index (κ2) is 5.75. The molecular weight excluding hydrogens is 317 g/mol. The summed E-state index contributed by atoms with van der Waals surface area (Å²) in [6, 6.07) is 4.41. The Labute approximate surface area is 116 Å². The van der Waals surface area contributed by atoms with Crippen LogP contribution in [-0.4, -0.2) is 21.0 Å². The van der Waals surface area contributed by atoms with Crippen LogP contribution in [-0.2, 0) is 6.54 Å². The van der Waals surface area contributed by atoms with E-state index in [1.54, 1.807) is 12.3 Å². The molecule has 0 aliphatic rings. The Bertz CT molecular complexity index is 607. The number of aromatic nitrogens is 2. The molecule has 1 heterocycles. The molecule has 0 amide bonds. The monoisotopic (exact) mass is 325 g/mol. The van der Waals surface area contributed by atoms with E-state index in [1.165, 1.54) is 18.5 Å². The third-order valence-electron chi connectivity index (χ3n) is 2.42. The SMILES string of the molecule is O=C(O)c1ccc(NCc2ccncn2)c(F)c1Br. The van der Waals surface area contributed by atoms with Crippen LogP contribution in [0.15, 0.2) is 35.2 Å². The van der Waals surface area contributed by atoms with Gasteiger partial charge in [-0.3, -0.25) is 0 Å². The molecule has 1 aromatic heterocycles. The van der Waals surface area contributed by atoms with E-state index < -0.39 is 11.8 Å². The van der Waals surface area contributed by atoms with Crippen molar-refractivity contribution in [1.29, 1.82) is 0 Å². The topological polar surface area (TPSA) is 75.1 Å². The molecule has 0 fully saturated rings. The van der Waals surface area contributed by atoms with Crippen molar-refractivity contribution in [2.24, 2.45) is 0 Å². The molecule has 0 spiro atoms. The summed E-state index contributed by atoms with van der Waals surface area (Å²) < 4.78 is 13.8. The summed E-state index contributed by atoms with van der Waals surface area (Å²) in [5.74, 6) is -1.83. The molecule has 0 saturated heterocycles. The van der Waals surface area contributed by atoms with E-state index in [0.717, 1.165) is 0 Å². The second-order valence-corrected chi connectivity index (χ2v) is 4.44. The summed E-state index contributed by atoms with van der Waals surface area (Å²) in [6.07, 6.45) is 2.99. The number of hydrogen-bond acceptors (Lipinski definition) is 4. The third kappa shape index (κ3) is 3.05. The fraction of sp³-hybridized carbons (Fsp3) is 0.0833. The van der Waals surface area contributed by atoms with Gasteiger partial charge >= 0.3 is 5.97 Å². The van der Waals surface area contributed by atoms with Crippen LogP contribution in [0.1, 0.15) is 16.1 Å². The van der Waals surface area contributed by atoms with E-state index in [2.05, 4.69) is 31.2 Å². The molecule has 2 rings (SSSR count). The third-order valence-corrected chi connectivity index (χ3v) is 3.19. The molecule has 5 nitrogen and oxygen atoms in total. The van der Waals surface area contributed by atoms with Gasteiger partial charge in [0.25, 0.3) is 0 Å². The average molecular weight is 326 g/mol. The molecule has 0 saturated carbocycles. The van der Waals surface area contributed by atoms with Crippen LogP contribution in [0.2, 0.25) is 0 Å². The molecule has 19 heavy (non-hydrogen) atoms. The number of aromatic carboxylic acids is 1. The maximum Gasteiger partial charge on any atom is 0.336 e. The standard InChI is InChI=1S/C12H9BrFN3O2/c13-10-8(12(18)19)1-2-9(11(10)14)16-5-7-3-4-15-6-17-7/h1-4,6,16H,5H2,(H,18,19). The van der Waals surface area contributed by atoms with Gasteiger partial charge in [0.15, 0.2) is 5.82 Å². The lowest BCUT2D eigenvalue weighted by molar-refractivity contribution is 0.0695. The molecular formula is C12H9BrFN3O2. The Balaban J connectivity index is 2.18. The lowest BCUT2D eigenvalue weighted by atomic mass is 10.2. The van der Waals surface area contributed by atoms with Gasteiger partial charge in [-0.15, -0.1) is 0 Å². The van der Waals surface area contributed by atoms with Crippen LogP contribution in [0, 0.1) is 5.82 Å². The molecule has 0 bridgehead atoms. The number of carboxylic acid groups (broad SMARTS) is 1. The van der Waals surface area contributed by atoms with Gasteiger partial charge in [0, 0.05) is 6.20 Å². The van der Waals surface area contributed by atoms with Crippen molar-refractivity contribution in [2.45, 2.75) is 6.54 Å². The molecule has 7 heteroatoms. The summed E-state index contributed by atoms with van der Waals surface area (Å²) in [5.41, 5.74) is 0.786. The molecule has 1 aromatic carbocycles. The van der Waals surface area contributed by atoms with Crippen LogP contribution in [0.5, 0.6) is 0 Å². The molecule has 2 aromatic rings. The Morgan fingerprint density at radius 1 is 1.42 bits per heavy atom. The first kappa shape index (κ1) is 13.4. The smallest absolute Gasteiger partial charge is 0.336 e. The van der Waals surface area contributed by atoms with Crippen molar-refractivity contribution < 1.29 is 14.3 Å². The Morgan fingerprint density at radius 2 is 2.21 bits per heavy atom. The van der Waals surface area contributed by atoms with Crippen LogP contribution in [0.3, 0.4) is 0 Å². The van der Waals surface area contributed by atoms with Crippen LogP contribution in [0.25, 0.3) is 0 Å². The van der Waals surface area contributed by atoms with Gasteiger partial charge in [-0.2, -0.15) is 0 Å². The summed E-state index contributed by atoms with van der Waals surface area (Å²) in [4.78, 5) is 18.6. The Morgan fingerprint density at radius 3 is 2.84 bits per heavy atom. The molecule has 2 N–H and O–H groups in total. The van der Waals surface area contributed by atoms with Crippen molar-refractivity contribution in [3.63, 3.8) is 0 Å². The number of halogens is 2. The van der Waals surface area contributed by atoms with E-state index in [4.69, 9.17) is 5.11 Å². The highest BCUT2D eigenvalue weighted by Gasteiger charge is 2.15. The number of benzene rings is 1. The number of carbonyl (C=O) groups is 1. The van der Waals surface area contributed by atoms with Gasteiger partial charge in [-0.05, 0) is 34.1 Å². The van der Waals surface area contributed by atoms with Crippen molar-refractivity contribution in [1.82, 2.24) is 9.97 Å². The van der Waals surface area contributed by atoms with Crippen LogP contribution >= 0.6 is 15.9 Å². The predicted octanol–water partition coefficient (Wildman–Crippen LogP) is 2.69. The molecule has 98 valence electrons. The zero-order chi connectivity index (χ0) is 13.8. The first-order valence-electron chi connectivity index (χ1n) is 5.29. The number of anilines is 1. The highest BCUT2D eigenvalue weighted by atomic mass is 79.9. The van der Waals surface area contributed by atoms with E-state index in [0.29, 0.717) is 12.2 Å². The fourth-order valence-electron chi connectivity index (χ4n) is 1.46. The van der Waals surface area contributed by atoms with Crippen LogP contribution in [0.4, 0.5) is 10.1 Å². The van der Waals surface area contributed by atoms with Gasteiger partial charge < -0.3 is 10.4 Å². The molecule has 0 atom stereocenters. The maximum atomic E-state index is 13.9. The Kier molecular flexibility index (Phi) is 4.06. The van der Waals surface area contributed by atoms with Gasteiger partial charge in [-0.1, -0.05) is 0 Å². The summed E-state index contributed by atoms with van der Waals surface area (Å²) in [7, 11) is 0. The number of nitrogens with zero attached hydrogens (tertiary/aromatic N) is 2. The predicted molar refractivity (Wildman–Crippen MR) is 70.4 cm³/mol. The minimum absolute atomic E-state index is 0.0762. The van der Waals surface area contributed by atoms with E-state index in [9.17, 15) is 9.18 Å². The molecule has 0 aliphatic carbocycles. The van der Waals surface area contributed by atoms with Gasteiger partial charge in [0.2, 0.25) is 0 Å². The number of carboxylic acids is 1. The zero-order valence-electron chi connectivity index (χ0n) is 9.60. The lowest BCUT2D eigenvalue weighted by Gasteiger charge is -2.09.